The molecule has 0 fully saturated rings. The number of nitrogens with one attached hydrogen (secondary N) is 1. The van der Waals surface area contributed by atoms with Gasteiger partial charge in [-0.2, -0.15) is 13.2 Å². The number of aromatic amines is 1. The second kappa shape index (κ2) is 3.29. The van der Waals surface area contributed by atoms with E-state index in [0.717, 1.165) is 12.3 Å². The Morgan fingerprint density at radius 2 is 2.14 bits per heavy atom. The number of nitro groups is 1. The predicted octanol–water partition coefficient (Wildman–Crippen LogP) is 1.48. The van der Waals surface area contributed by atoms with Gasteiger partial charge < -0.3 is 10.7 Å². The molecule has 0 bridgehead atoms. The van der Waals surface area contributed by atoms with E-state index in [1.165, 1.54) is 0 Å². The van der Waals surface area contributed by atoms with Crippen molar-refractivity contribution in [1.82, 2.24) is 4.98 Å². The van der Waals surface area contributed by atoms with E-state index >= 15 is 0 Å². The average molecular weight is 209 g/mol. The zero-order valence-electron chi connectivity index (χ0n) is 6.71. The van der Waals surface area contributed by atoms with Gasteiger partial charge in [0.05, 0.1) is 11.1 Å². The summed E-state index contributed by atoms with van der Waals surface area (Å²) >= 11 is 0. The molecule has 0 amide bonds. The molecule has 5 nitrogen and oxygen atoms in total. The number of hydrogen-bond acceptors (Lipinski definition) is 3. The molecule has 1 heterocycles. The Kier molecular flexibility index (Phi) is 2.47. The number of hydrogen-bond donors (Lipinski definition) is 2. The van der Waals surface area contributed by atoms with Crippen LogP contribution >= 0.6 is 0 Å². The van der Waals surface area contributed by atoms with Crippen LogP contribution in [0, 0.1) is 10.1 Å². The standard InChI is InChI=1S/C6H6F3N3O2/c7-6(8,9)5(10)4-1-3(2-11-4)12(13)14/h1-2,5,11H,10H2. The van der Waals surface area contributed by atoms with Crippen molar-refractivity contribution in [3.63, 3.8) is 0 Å². The number of nitrogens with two attached hydrogens (primary N) is 1. The fourth-order valence-corrected chi connectivity index (χ4v) is 0.861. The normalized spacial score (nSPS) is 14.0. The SMILES string of the molecule is NC(c1cc([N+](=O)[O-])c[nH]1)C(F)(F)F. The van der Waals surface area contributed by atoms with Crippen LogP contribution in [0.1, 0.15) is 11.7 Å². The predicted molar refractivity (Wildman–Crippen MR) is 40.4 cm³/mol. The van der Waals surface area contributed by atoms with Crippen LogP contribution in [0.5, 0.6) is 0 Å². The Bertz CT molecular complexity index is 346. The van der Waals surface area contributed by atoms with Gasteiger partial charge in [0, 0.05) is 11.8 Å². The van der Waals surface area contributed by atoms with Crippen LogP contribution < -0.4 is 5.73 Å². The zero-order valence-corrected chi connectivity index (χ0v) is 6.71. The molecule has 0 aliphatic heterocycles. The molecule has 0 saturated carbocycles. The highest BCUT2D eigenvalue weighted by molar-refractivity contribution is 5.31. The lowest BCUT2D eigenvalue weighted by Gasteiger charge is -2.12. The van der Waals surface area contributed by atoms with E-state index in [9.17, 15) is 23.3 Å². The summed E-state index contributed by atoms with van der Waals surface area (Å²) in [4.78, 5) is 11.5. The van der Waals surface area contributed by atoms with Crippen LogP contribution in [0.25, 0.3) is 0 Å². The van der Waals surface area contributed by atoms with Gasteiger partial charge in [0.15, 0.2) is 0 Å². The van der Waals surface area contributed by atoms with Gasteiger partial charge in [-0.25, -0.2) is 0 Å². The molecule has 1 unspecified atom stereocenters. The third kappa shape index (κ3) is 2.02. The Balaban J connectivity index is 2.92. The quantitative estimate of drug-likeness (QED) is 0.571. The van der Waals surface area contributed by atoms with Gasteiger partial charge in [-0.15, -0.1) is 0 Å². The van der Waals surface area contributed by atoms with Gasteiger partial charge in [0.2, 0.25) is 0 Å². The van der Waals surface area contributed by atoms with Gasteiger partial charge in [0.1, 0.15) is 6.04 Å². The van der Waals surface area contributed by atoms with Gasteiger partial charge in [0.25, 0.3) is 5.69 Å². The van der Waals surface area contributed by atoms with Gasteiger partial charge >= 0.3 is 6.18 Å². The van der Waals surface area contributed by atoms with Crippen molar-refractivity contribution in [2.24, 2.45) is 5.73 Å². The summed E-state index contributed by atoms with van der Waals surface area (Å²) in [7, 11) is 0. The highest BCUT2D eigenvalue weighted by Crippen LogP contribution is 2.31. The summed E-state index contributed by atoms with van der Waals surface area (Å²) in [5.41, 5.74) is 3.94. The van der Waals surface area contributed by atoms with Gasteiger partial charge in [-0.3, -0.25) is 10.1 Å². The van der Waals surface area contributed by atoms with Crippen molar-refractivity contribution < 1.29 is 18.1 Å². The molecular formula is C6H6F3N3O2. The van der Waals surface area contributed by atoms with Crippen molar-refractivity contribution in [2.75, 3.05) is 0 Å². The van der Waals surface area contributed by atoms with Crippen molar-refractivity contribution in [3.05, 3.63) is 28.1 Å². The van der Waals surface area contributed by atoms with E-state index in [0.29, 0.717) is 0 Å². The fourth-order valence-electron chi connectivity index (χ4n) is 0.861. The molecule has 0 aromatic carbocycles. The number of H-pyrrole nitrogens is 1. The minimum atomic E-state index is -4.61. The van der Waals surface area contributed by atoms with E-state index in [-0.39, 0.29) is 0 Å². The molecule has 78 valence electrons. The first-order chi connectivity index (χ1) is 6.32. The lowest BCUT2D eigenvalue weighted by molar-refractivity contribution is -0.384. The van der Waals surface area contributed by atoms with Crippen LogP contribution in [0.15, 0.2) is 12.3 Å². The zero-order chi connectivity index (χ0) is 10.9. The molecule has 1 rings (SSSR count). The summed E-state index contributed by atoms with van der Waals surface area (Å²) in [5.74, 6) is 0. The Morgan fingerprint density at radius 1 is 1.57 bits per heavy atom. The van der Waals surface area contributed by atoms with E-state index in [1.54, 1.807) is 0 Å². The van der Waals surface area contributed by atoms with Crippen molar-refractivity contribution >= 4 is 5.69 Å². The maximum atomic E-state index is 12.0. The Morgan fingerprint density at radius 3 is 2.50 bits per heavy atom. The molecule has 1 atom stereocenters. The second-order valence-corrected chi connectivity index (χ2v) is 2.59. The topological polar surface area (TPSA) is 84.9 Å². The summed E-state index contributed by atoms with van der Waals surface area (Å²) in [6.07, 6.45) is -3.75. The minimum Gasteiger partial charge on any atom is -0.358 e. The average Bonchev–Trinajstić information content (AvgIpc) is 2.48. The maximum absolute atomic E-state index is 12.0. The van der Waals surface area contributed by atoms with Crippen LogP contribution in [-0.2, 0) is 0 Å². The lowest BCUT2D eigenvalue weighted by atomic mass is 10.2. The molecule has 8 heteroatoms. The van der Waals surface area contributed by atoms with Crippen LogP contribution in [0.3, 0.4) is 0 Å². The van der Waals surface area contributed by atoms with E-state index in [2.05, 4.69) is 4.98 Å². The number of rotatable bonds is 2. The summed E-state index contributed by atoms with van der Waals surface area (Å²) < 4.78 is 36.1. The van der Waals surface area contributed by atoms with Crippen LogP contribution in [0.4, 0.5) is 18.9 Å². The molecule has 0 aliphatic carbocycles. The molecule has 1 aromatic rings. The third-order valence-corrected chi connectivity index (χ3v) is 1.59. The van der Waals surface area contributed by atoms with Gasteiger partial charge in [-0.05, 0) is 0 Å². The number of halogens is 3. The van der Waals surface area contributed by atoms with Crippen molar-refractivity contribution in [3.8, 4) is 0 Å². The summed E-state index contributed by atoms with van der Waals surface area (Å²) in [5, 5.41) is 10.2. The third-order valence-electron chi connectivity index (χ3n) is 1.59. The van der Waals surface area contributed by atoms with Crippen molar-refractivity contribution in [1.29, 1.82) is 0 Å². The molecular weight excluding hydrogens is 203 g/mol. The van der Waals surface area contributed by atoms with E-state index in [1.807, 2.05) is 0 Å². The lowest BCUT2D eigenvalue weighted by Crippen LogP contribution is -2.28. The second-order valence-electron chi connectivity index (χ2n) is 2.59. The molecule has 0 spiro atoms. The van der Waals surface area contributed by atoms with Crippen molar-refractivity contribution in [2.45, 2.75) is 12.2 Å². The first kappa shape index (κ1) is 10.5. The minimum absolute atomic E-state index is 0.427. The molecule has 1 aromatic heterocycles. The summed E-state index contributed by atoms with van der Waals surface area (Å²) in [6.45, 7) is 0. The summed E-state index contributed by atoms with van der Waals surface area (Å²) in [6, 6.07) is -1.46. The maximum Gasteiger partial charge on any atom is 0.409 e. The first-order valence-electron chi connectivity index (χ1n) is 3.47. The largest absolute Gasteiger partial charge is 0.409 e. The molecule has 0 saturated heterocycles. The van der Waals surface area contributed by atoms with E-state index in [4.69, 9.17) is 5.73 Å². The monoisotopic (exact) mass is 209 g/mol. The number of nitrogens with zero attached hydrogens (tertiary/aromatic N) is 1. The highest BCUT2D eigenvalue weighted by atomic mass is 19.4. The van der Waals surface area contributed by atoms with Gasteiger partial charge in [-0.1, -0.05) is 0 Å². The molecule has 0 radical (unpaired) electrons. The number of alkyl halides is 3. The molecule has 14 heavy (non-hydrogen) atoms. The van der Waals surface area contributed by atoms with Crippen LogP contribution in [-0.4, -0.2) is 16.1 Å². The Labute approximate surface area is 75.9 Å². The first-order valence-corrected chi connectivity index (χ1v) is 3.47. The fraction of sp³-hybridized carbons (Fsp3) is 0.333. The molecule has 3 N–H and O–H groups in total. The Hall–Kier alpha value is -1.57. The molecule has 0 aliphatic rings. The van der Waals surface area contributed by atoms with Crippen LogP contribution in [0.2, 0.25) is 0 Å². The smallest absolute Gasteiger partial charge is 0.358 e. The highest BCUT2D eigenvalue weighted by Gasteiger charge is 2.39. The number of aromatic nitrogens is 1. The van der Waals surface area contributed by atoms with E-state index < -0.39 is 28.5 Å².